The zero-order chi connectivity index (χ0) is 9.61. The Morgan fingerprint density at radius 2 is 1.92 bits per heavy atom. The van der Waals surface area contributed by atoms with Crippen LogP contribution in [0.4, 0.5) is 0 Å². The van der Waals surface area contributed by atoms with Crippen molar-refractivity contribution in [2.75, 3.05) is 25.4 Å². The van der Waals surface area contributed by atoms with Gasteiger partial charge in [0.15, 0.2) is 0 Å². The summed E-state index contributed by atoms with van der Waals surface area (Å²) in [5.41, 5.74) is 0. The normalized spacial score (nSPS) is 12.3. The van der Waals surface area contributed by atoms with Crippen molar-refractivity contribution >= 4 is 10.0 Å². The molecule has 0 aliphatic rings. The Balaban J connectivity index is 4.27. The zero-order valence-corrected chi connectivity index (χ0v) is 8.47. The van der Waals surface area contributed by atoms with Gasteiger partial charge in [-0.05, 0) is 6.42 Å². The van der Waals surface area contributed by atoms with Gasteiger partial charge in [-0.25, -0.2) is 12.7 Å². The summed E-state index contributed by atoms with van der Waals surface area (Å²) in [5, 5.41) is 8.51. The average molecular weight is 195 g/mol. The second kappa shape index (κ2) is 5.50. The lowest BCUT2D eigenvalue weighted by Crippen LogP contribution is -2.34. The molecule has 0 aromatic rings. The van der Waals surface area contributed by atoms with Crippen molar-refractivity contribution in [1.29, 1.82) is 0 Å². The van der Waals surface area contributed by atoms with E-state index in [1.165, 1.54) is 4.31 Å². The molecular weight excluding hydrogens is 178 g/mol. The van der Waals surface area contributed by atoms with E-state index in [0.29, 0.717) is 13.1 Å². The van der Waals surface area contributed by atoms with E-state index in [-0.39, 0.29) is 12.4 Å². The predicted octanol–water partition coefficient (Wildman–Crippen LogP) is 0.0404. The van der Waals surface area contributed by atoms with Gasteiger partial charge >= 0.3 is 0 Å². The van der Waals surface area contributed by atoms with E-state index in [4.69, 9.17) is 5.11 Å². The van der Waals surface area contributed by atoms with Crippen molar-refractivity contribution in [3.8, 4) is 0 Å². The van der Waals surface area contributed by atoms with E-state index < -0.39 is 10.0 Å². The van der Waals surface area contributed by atoms with Crippen LogP contribution in [-0.2, 0) is 10.0 Å². The summed E-state index contributed by atoms with van der Waals surface area (Å²) in [4.78, 5) is 0. The molecule has 0 spiro atoms. The van der Waals surface area contributed by atoms with Gasteiger partial charge in [-0.2, -0.15) is 0 Å². The second-order valence-electron chi connectivity index (χ2n) is 2.53. The van der Waals surface area contributed by atoms with Crippen molar-refractivity contribution in [1.82, 2.24) is 4.31 Å². The standard InChI is InChI=1S/C7H17NO3S/c1-3-5-8(4-2)12(10,11)7-6-9/h9H,3-7H2,1-2H3. The highest BCUT2D eigenvalue weighted by Crippen LogP contribution is 2.01. The molecule has 0 rings (SSSR count). The molecule has 0 atom stereocenters. The molecule has 0 aliphatic carbocycles. The van der Waals surface area contributed by atoms with Crippen LogP contribution in [0.25, 0.3) is 0 Å². The SMILES string of the molecule is CCCN(CC)S(=O)(=O)CCO. The minimum Gasteiger partial charge on any atom is -0.395 e. The molecule has 0 radical (unpaired) electrons. The fourth-order valence-electron chi connectivity index (χ4n) is 0.988. The predicted molar refractivity (Wildman–Crippen MR) is 48.4 cm³/mol. The van der Waals surface area contributed by atoms with Crippen LogP contribution in [0.15, 0.2) is 0 Å². The third-order valence-electron chi connectivity index (χ3n) is 1.57. The quantitative estimate of drug-likeness (QED) is 0.651. The van der Waals surface area contributed by atoms with E-state index in [2.05, 4.69) is 0 Å². The number of aliphatic hydroxyl groups excluding tert-OH is 1. The number of nitrogens with zero attached hydrogens (tertiary/aromatic N) is 1. The van der Waals surface area contributed by atoms with E-state index in [9.17, 15) is 8.42 Å². The lowest BCUT2D eigenvalue weighted by atomic mass is 10.5. The van der Waals surface area contributed by atoms with Gasteiger partial charge in [-0.3, -0.25) is 0 Å². The molecule has 0 heterocycles. The molecule has 0 saturated carbocycles. The van der Waals surface area contributed by atoms with E-state index in [1.807, 2.05) is 6.92 Å². The number of rotatable bonds is 6. The Morgan fingerprint density at radius 1 is 1.33 bits per heavy atom. The average Bonchev–Trinajstić information content (AvgIpc) is 1.99. The minimum atomic E-state index is -3.20. The van der Waals surface area contributed by atoms with Crippen LogP contribution in [0, 0.1) is 0 Å². The Morgan fingerprint density at radius 3 is 2.25 bits per heavy atom. The van der Waals surface area contributed by atoms with E-state index >= 15 is 0 Å². The van der Waals surface area contributed by atoms with Gasteiger partial charge in [0.05, 0.1) is 12.4 Å². The van der Waals surface area contributed by atoms with Gasteiger partial charge in [0.25, 0.3) is 0 Å². The summed E-state index contributed by atoms with van der Waals surface area (Å²) in [5.74, 6) is -0.166. The molecule has 0 saturated heterocycles. The summed E-state index contributed by atoms with van der Waals surface area (Å²) in [7, 11) is -3.20. The Hall–Kier alpha value is -0.130. The summed E-state index contributed by atoms with van der Waals surface area (Å²) in [6, 6.07) is 0. The smallest absolute Gasteiger partial charge is 0.216 e. The molecule has 0 unspecified atom stereocenters. The summed E-state index contributed by atoms with van der Waals surface area (Å²) < 4.78 is 24.0. The monoisotopic (exact) mass is 195 g/mol. The van der Waals surface area contributed by atoms with E-state index in [0.717, 1.165) is 6.42 Å². The number of hydrogen-bond acceptors (Lipinski definition) is 3. The van der Waals surface area contributed by atoms with Gasteiger partial charge < -0.3 is 5.11 Å². The first kappa shape index (κ1) is 11.9. The fraction of sp³-hybridized carbons (Fsp3) is 1.00. The lowest BCUT2D eigenvalue weighted by molar-refractivity contribution is 0.314. The van der Waals surface area contributed by atoms with Crippen LogP contribution in [0.3, 0.4) is 0 Å². The molecule has 4 nitrogen and oxygen atoms in total. The molecular formula is C7H17NO3S. The maximum Gasteiger partial charge on any atom is 0.216 e. The maximum atomic E-state index is 11.3. The lowest BCUT2D eigenvalue weighted by Gasteiger charge is -2.18. The van der Waals surface area contributed by atoms with Crippen LogP contribution < -0.4 is 0 Å². The summed E-state index contributed by atoms with van der Waals surface area (Å²) >= 11 is 0. The molecule has 0 aromatic heterocycles. The fourth-order valence-corrected chi connectivity index (χ4v) is 2.33. The highest BCUT2D eigenvalue weighted by Gasteiger charge is 2.17. The zero-order valence-electron chi connectivity index (χ0n) is 7.65. The molecule has 5 heteroatoms. The number of hydrogen-bond donors (Lipinski definition) is 1. The van der Waals surface area contributed by atoms with Gasteiger partial charge in [0.1, 0.15) is 0 Å². The highest BCUT2D eigenvalue weighted by atomic mass is 32.2. The minimum absolute atomic E-state index is 0.166. The molecule has 0 amide bonds. The van der Waals surface area contributed by atoms with Crippen LogP contribution in [-0.4, -0.2) is 43.3 Å². The van der Waals surface area contributed by atoms with Crippen molar-refractivity contribution in [3.05, 3.63) is 0 Å². The first-order valence-corrected chi connectivity index (χ1v) is 5.78. The van der Waals surface area contributed by atoms with Crippen LogP contribution in [0.5, 0.6) is 0 Å². The van der Waals surface area contributed by atoms with Gasteiger partial charge in [-0.15, -0.1) is 0 Å². The van der Waals surface area contributed by atoms with Crippen molar-refractivity contribution in [2.45, 2.75) is 20.3 Å². The van der Waals surface area contributed by atoms with E-state index in [1.54, 1.807) is 6.92 Å². The molecule has 1 N–H and O–H groups in total. The van der Waals surface area contributed by atoms with Crippen LogP contribution >= 0.6 is 0 Å². The van der Waals surface area contributed by atoms with Crippen LogP contribution in [0.2, 0.25) is 0 Å². The summed E-state index contributed by atoms with van der Waals surface area (Å²) in [6.45, 7) is 4.44. The van der Waals surface area contributed by atoms with Crippen molar-refractivity contribution < 1.29 is 13.5 Å². The first-order chi connectivity index (χ1) is 5.58. The largest absolute Gasteiger partial charge is 0.395 e. The second-order valence-corrected chi connectivity index (χ2v) is 4.62. The molecule has 0 bridgehead atoms. The topological polar surface area (TPSA) is 57.6 Å². The Labute approximate surface area is 74.2 Å². The van der Waals surface area contributed by atoms with Crippen molar-refractivity contribution in [2.24, 2.45) is 0 Å². The number of aliphatic hydroxyl groups is 1. The first-order valence-electron chi connectivity index (χ1n) is 4.17. The molecule has 74 valence electrons. The summed E-state index contributed by atoms with van der Waals surface area (Å²) in [6.07, 6.45) is 0.804. The highest BCUT2D eigenvalue weighted by molar-refractivity contribution is 7.89. The molecule has 0 fully saturated rings. The molecule has 12 heavy (non-hydrogen) atoms. The van der Waals surface area contributed by atoms with Gasteiger partial charge in [0, 0.05) is 13.1 Å². The molecule has 0 aromatic carbocycles. The third kappa shape index (κ3) is 3.51. The molecule has 0 aliphatic heterocycles. The van der Waals surface area contributed by atoms with Crippen LogP contribution in [0.1, 0.15) is 20.3 Å². The van der Waals surface area contributed by atoms with Crippen molar-refractivity contribution in [3.63, 3.8) is 0 Å². The Kier molecular flexibility index (Phi) is 5.44. The maximum absolute atomic E-state index is 11.3. The van der Waals surface area contributed by atoms with Gasteiger partial charge in [-0.1, -0.05) is 13.8 Å². The number of sulfonamides is 1. The van der Waals surface area contributed by atoms with Gasteiger partial charge in [0.2, 0.25) is 10.0 Å². The third-order valence-corrected chi connectivity index (χ3v) is 3.49. The Bertz CT molecular complexity index is 201.